The summed E-state index contributed by atoms with van der Waals surface area (Å²) in [4.78, 5) is 2.33. The van der Waals surface area contributed by atoms with Gasteiger partial charge in [-0.05, 0) is 36.2 Å². The summed E-state index contributed by atoms with van der Waals surface area (Å²) in [5.41, 5.74) is 2.04. The summed E-state index contributed by atoms with van der Waals surface area (Å²) >= 11 is 3.66. The van der Waals surface area contributed by atoms with E-state index in [0.29, 0.717) is 0 Å². The Balaban J connectivity index is 2.15. The van der Waals surface area contributed by atoms with E-state index >= 15 is 0 Å². The standard InChI is InChI=1S/C14H24BrN3O2/c1-5-11-13(15)12(17(4)16-11)7-18-6-10(8-19)20-14(2,3)9-18/h10,19H,5-9H2,1-4H3. The Kier molecular flexibility index (Phi) is 4.89. The van der Waals surface area contributed by atoms with Gasteiger partial charge in [0.1, 0.15) is 0 Å². The van der Waals surface area contributed by atoms with Crippen molar-refractivity contribution in [3.63, 3.8) is 0 Å². The molecule has 1 fully saturated rings. The van der Waals surface area contributed by atoms with Gasteiger partial charge in [0.2, 0.25) is 0 Å². The minimum atomic E-state index is -0.232. The van der Waals surface area contributed by atoms with E-state index in [-0.39, 0.29) is 18.3 Å². The molecule has 0 amide bonds. The molecular formula is C14H24BrN3O2. The van der Waals surface area contributed by atoms with E-state index in [1.807, 2.05) is 11.7 Å². The smallest absolute Gasteiger partial charge is 0.0940 e. The van der Waals surface area contributed by atoms with E-state index in [2.05, 4.69) is 46.7 Å². The maximum atomic E-state index is 9.38. The van der Waals surface area contributed by atoms with Crippen LogP contribution in [0.25, 0.3) is 0 Å². The van der Waals surface area contributed by atoms with Crippen molar-refractivity contribution in [3.8, 4) is 0 Å². The maximum Gasteiger partial charge on any atom is 0.0940 e. The Hall–Kier alpha value is -0.430. The molecule has 1 atom stereocenters. The average molecular weight is 346 g/mol. The van der Waals surface area contributed by atoms with E-state index in [1.165, 1.54) is 5.69 Å². The number of aryl methyl sites for hydroxylation is 2. The van der Waals surface area contributed by atoms with Crippen LogP contribution >= 0.6 is 15.9 Å². The van der Waals surface area contributed by atoms with Crippen molar-refractivity contribution >= 4 is 15.9 Å². The molecular weight excluding hydrogens is 322 g/mol. The highest BCUT2D eigenvalue weighted by Gasteiger charge is 2.33. The topological polar surface area (TPSA) is 50.5 Å². The minimum absolute atomic E-state index is 0.0622. The zero-order valence-corrected chi connectivity index (χ0v) is 14.3. The van der Waals surface area contributed by atoms with E-state index < -0.39 is 0 Å². The SMILES string of the molecule is CCc1nn(C)c(CN2CC(CO)OC(C)(C)C2)c1Br. The van der Waals surface area contributed by atoms with Gasteiger partial charge in [-0.1, -0.05) is 6.92 Å². The first kappa shape index (κ1) is 15.9. The fourth-order valence-corrected chi connectivity index (χ4v) is 3.58. The van der Waals surface area contributed by atoms with E-state index in [1.54, 1.807) is 0 Å². The second kappa shape index (κ2) is 6.13. The van der Waals surface area contributed by atoms with Gasteiger partial charge in [-0.25, -0.2) is 0 Å². The molecule has 0 aliphatic carbocycles. The van der Waals surface area contributed by atoms with Crippen LogP contribution in [0.3, 0.4) is 0 Å². The Morgan fingerprint density at radius 2 is 2.20 bits per heavy atom. The van der Waals surface area contributed by atoms with Gasteiger partial charge in [-0.15, -0.1) is 0 Å². The van der Waals surface area contributed by atoms with Gasteiger partial charge in [0.25, 0.3) is 0 Å². The van der Waals surface area contributed by atoms with Crippen LogP contribution in [0.2, 0.25) is 0 Å². The molecule has 1 unspecified atom stereocenters. The molecule has 6 heteroatoms. The first-order valence-electron chi connectivity index (χ1n) is 7.07. The molecule has 1 aliphatic heterocycles. The summed E-state index contributed by atoms with van der Waals surface area (Å²) in [5.74, 6) is 0. The third-order valence-corrected chi connectivity index (χ3v) is 4.55. The van der Waals surface area contributed by atoms with Crippen molar-refractivity contribution in [3.05, 3.63) is 15.9 Å². The lowest BCUT2D eigenvalue weighted by atomic mass is 10.1. The van der Waals surface area contributed by atoms with Crippen molar-refractivity contribution in [2.45, 2.75) is 45.4 Å². The van der Waals surface area contributed by atoms with Crippen LogP contribution in [0.4, 0.5) is 0 Å². The molecule has 5 nitrogen and oxygen atoms in total. The number of hydrogen-bond acceptors (Lipinski definition) is 4. The molecule has 1 N–H and O–H groups in total. The van der Waals surface area contributed by atoms with Crippen molar-refractivity contribution in [1.82, 2.24) is 14.7 Å². The van der Waals surface area contributed by atoms with Gasteiger partial charge in [0.15, 0.2) is 0 Å². The number of hydrogen-bond donors (Lipinski definition) is 1. The molecule has 0 spiro atoms. The van der Waals surface area contributed by atoms with Gasteiger partial charge in [-0.3, -0.25) is 9.58 Å². The highest BCUT2D eigenvalue weighted by molar-refractivity contribution is 9.10. The highest BCUT2D eigenvalue weighted by atomic mass is 79.9. The summed E-state index contributed by atoms with van der Waals surface area (Å²) in [7, 11) is 1.98. The normalized spacial score (nSPS) is 23.2. The highest BCUT2D eigenvalue weighted by Crippen LogP contribution is 2.26. The van der Waals surface area contributed by atoms with Crippen LogP contribution in [-0.2, 0) is 24.8 Å². The van der Waals surface area contributed by atoms with Crippen LogP contribution in [0.15, 0.2) is 4.47 Å². The third-order valence-electron chi connectivity index (χ3n) is 3.63. The fraction of sp³-hybridized carbons (Fsp3) is 0.786. The van der Waals surface area contributed by atoms with Gasteiger partial charge in [0, 0.05) is 26.7 Å². The number of aromatic nitrogens is 2. The number of halogens is 1. The molecule has 114 valence electrons. The lowest BCUT2D eigenvalue weighted by Crippen LogP contribution is -2.53. The first-order chi connectivity index (χ1) is 9.36. The van der Waals surface area contributed by atoms with Crippen molar-refractivity contribution < 1.29 is 9.84 Å². The van der Waals surface area contributed by atoms with Crippen molar-refractivity contribution in [2.75, 3.05) is 19.7 Å². The van der Waals surface area contributed by atoms with Crippen molar-refractivity contribution in [1.29, 1.82) is 0 Å². The van der Waals surface area contributed by atoms with Crippen LogP contribution in [0.1, 0.15) is 32.2 Å². The summed E-state index contributed by atoms with van der Waals surface area (Å²) in [6.07, 6.45) is 0.804. The van der Waals surface area contributed by atoms with E-state index in [4.69, 9.17) is 4.74 Å². The Bertz CT molecular complexity index is 473. The van der Waals surface area contributed by atoms with Crippen LogP contribution in [-0.4, -0.2) is 51.2 Å². The van der Waals surface area contributed by atoms with Gasteiger partial charge in [-0.2, -0.15) is 5.10 Å². The first-order valence-corrected chi connectivity index (χ1v) is 7.87. The lowest BCUT2D eigenvalue weighted by Gasteiger charge is -2.42. The molecule has 20 heavy (non-hydrogen) atoms. The molecule has 1 aromatic rings. The number of rotatable bonds is 4. The molecule has 2 heterocycles. The predicted octanol–water partition coefficient (Wildman–Crippen LogP) is 1.72. The van der Waals surface area contributed by atoms with Crippen LogP contribution < -0.4 is 0 Å². The largest absolute Gasteiger partial charge is 0.394 e. The number of aliphatic hydroxyl groups is 1. The third kappa shape index (κ3) is 3.42. The van der Waals surface area contributed by atoms with Crippen LogP contribution in [0.5, 0.6) is 0 Å². The van der Waals surface area contributed by atoms with Gasteiger partial charge >= 0.3 is 0 Å². The number of aliphatic hydroxyl groups excluding tert-OH is 1. The monoisotopic (exact) mass is 345 g/mol. The fourth-order valence-electron chi connectivity index (χ4n) is 2.84. The minimum Gasteiger partial charge on any atom is -0.394 e. The number of nitrogens with zero attached hydrogens (tertiary/aromatic N) is 3. The van der Waals surface area contributed by atoms with Gasteiger partial charge < -0.3 is 9.84 Å². The van der Waals surface area contributed by atoms with Gasteiger partial charge in [0.05, 0.1) is 34.2 Å². The lowest BCUT2D eigenvalue weighted by molar-refractivity contribution is -0.151. The second-order valence-electron chi connectivity index (χ2n) is 6.04. The molecule has 1 aliphatic rings. The summed E-state index contributed by atoms with van der Waals surface area (Å²) in [5, 5.41) is 13.9. The molecule has 0 radical (unpaired) electrons. The maximum absolute atomic E-state index is 9.38. The Labute approximate surface area is 129 Å². The molecule has 0 bridgehead atoms. The zero-order chi connectivity index (χ0) is 14.9. The average Bonchev–Trinajstić information content (AvgIpc) is 2.64. The van der Waals surface area contributed by atoms with E-state index in [9.17, 15) is 5.11 Å². The summed E-state index contributed by atoms with van der Waals surface area (Å²) in [6.45, 7) is 8.72. The second-order valence-corrected chi connectivity index (χ2v) is 6.83. The summed E-state index contributed by atoms with van der Waals surface area (Å²) in [6, 6.07) is 0. The van der Waals surface area contributed by atoms with Crippen LogP contribution in [0, 0.1) is 0 Å². The van der Waals surface area contributed by atoms with Crippen molar-refractivity contribution in [2.24, 2.45) is 7.05 Å². The number of morpholine rings is 1. The summed E-state index contributed by atoms with van der Waals surface area (Å²) < 4.78 is 8.90. The van der Waals surface area contributed by atoms with E-state index in [0.717, 1.165) is 36.2 Å². The quantitative estimate of drug-likeness (QED) is 0.902. The predicted molar refractivity (Wildman–Crippen MR) is 81.6 cm³/mol. The number of ether oxygens (including phenoxy) is 1. The Morgan fingerprint density at radius 3 is 2.75 bits per heavy atom. The molecule has 1 saturated heterocycles. The molecule has 0 saturated carbocycles. The Morgan fingerprint density at radius 1 is 1.50 bits per heavy atom. The molecule has 1 aromatic heterocycles. The molecule has 0 aromatic carbocycles. The molecule has 2 rings (SSSR count). The zero-order valence-electron chi connectivity index (χ0n) is 12.7.